The third-order valence-electron chi connectivity index (χ3n) is 2.67. The van der Waals surface area contributed by atoms with Crippen molar-refractivity contribution in [2.45, 2.75) is 6.92 Å². The highest BCUT2D eigenvalue weighted by molar-refractivity contribution is 6.00. The number of fused-ring (bicyclic) bond motifs is 1. The Kier molecular flexibility index (Phi) is 3.84. The zero-order valence-electron chi connectivity index (χ0n) is 10.3. The number of aromatic nitrogens is 1. The average Bonchev–Trinajstić information content (AvgIpc) is 2.80. The number of para-hydroxylation sites is 1. The molecule has 0 aliphatic rings. The van der Waals surface area contributed by atoms with E-state index in [0.29, 0.717) is 31.1 Å². The largest absolute Gasteiger partial charge is 0.397 e. The number of nitrogen functional groups attached to an aromatic ring is 1. The molecule has 1 heterocycles. The third-order valence-corrected chi connectivity index (χ3v) is 2.67. The molecule has 0 bridgehead atoms. The molecule has 2 aromatic rings. The van der Waals surface area contributed by atoms with E-state index >= 15 is 0 Å². The van der Waals surface area contributed by atoms with Gasteiger partial charge in [0.1, 0.15) is 5.69 Å². The van der Waals surface area contributed by atoms with Gasteiger partial charge < -0.3 is 20.8 Å². The van der Waals surface area contributed by atoms with Crippen LogP contribution in [0.1, 0.15) is 17.4 Å². The number of hydrogen-bond donors (Lipinski definition) is 3. The smallest absolute Gasteiger partial charge is 0.267 e. The molecule has 0 radical (unpaired) electrons. The summed E-state index contributed by atoms with van der Waals surface area (Å²) in [5, 5.41) is 3.71. The van der Waals surface area contributed by atoms with Crippen LogP contribution in [0.2, 0.25) is 0 Å². The summed E-state index contributed by atoms with van der Waals surface area (Å²) in [6.07, 6.45) is 0. The standard InChI is InChI=1S/C13H17N3O2/c1-2-18-7-6-15-13(17)11-8-9-4-3-5-10(14)12(9)16-11/h3-5,8,16H,2,6-7,14H2,1H3,(H,15,17). The third kappa shape index (κ3) is 2.62. The molecule has 96 valence electrons. The van der Waals surface area contributed by atoms with E-state index in [1.54, 1.807) is 12.1 Å². The van der Waals surface area contributed by atoms with Crippen molar-refractivity contribution in [3.63, 3.8) is 0 Å². The van der Waals surface area contributed by atoms with Gasteiger partial charge in [-0.05, 0) is 19.1 Å². The molecule has 2 rings (SSSR count). The Hall–Kier alpha value is -2.01. The second kappa shape index (κ2) is 5.55. The maximum absolute atomic E-state index is 11.9. The van der Waals surface area contributed by atoms with Crippen LogP contribution in [0.3, 0.4) is 0 Å². The van der Waals surface area contributed by atoms with Crippen molar-refractivity contribution in [3.05, 3.63) is 30.0 Å². The highest BCUT2D eigenvalue weighted by Crippen LogP contribution is 2.20. The summed E-state index contributed by atoms with van der Waals surface area (Å²) in [4.78, 5) is 14.9. The van der Waals surface area contributed by atoms with E-state index in [4.69, 9.17) is 10.5 Å². The summed E-state index contributed by atoms with van der Waals surface area (Å²) in [6, 6.07) is 7.37. The Morgan fingerprint density at radius 1 is 1.50 bits per heavy atom. The predicted octanol–water partition coefficient (Wildman–Crippen LogP) is 1.52. The minimum absolute atomic E-state index is 0.148. The summed E-state index contributed by atoms with van der Waals surface area (Å²) in [5.41, 5.74) is 7.78. The van der Waals surface area contributed by atoms with Gasteiger partial charge in [-0.1, -0.05) is 12.1 Å². The molecule has 5 heteroatoms. The highest BCUT2D eigenvalue weighted by Gasteiger charge is 2.09. The van der Waals surface area contributed by atoms with Crippen molar-refractivity contribution in [1.29, 1.82) is 0 Å². The molecule has 0 saturated carbocycles. The van der Waals surface area contributed by atoms with Gasteiger partial charge in [-0.15, -0.1) is 0 Å². The maximum Gasteiger partial charge on any atom is 0.267 e. The van der Waals surface area contributed by atoms with E-state index in [2.05, 4.69) is 10.3 Å². The van der Waals surface area contributed by atoms with Gasteiger partial charge in [0.2, 0.25) is 0 Å². The van der Waals surface area contributed by atoms with Gasteiger partial charge in [-0.3, -0.25) is 4.79 Å². The van der Waals surface area contributed by atoms with Crippen LogP contribution < -0.4 is 11.1 Å². The monoisotopic (exact) mass is 247 g/mol. The van der Waals surface area contributed by atoms with E-state index in [0.717, 1.165) is 10.9 Å². The minimum Gasteiger partial charge on any atom is -0.397 e. The lowest BCUT2D eigenvalue weighted by atomic mass is 10.2. The lowest BCUT2D eigenvalue weighted by molar-refractivity contribution is 0.0918. The quantitative estimate of drug-likeness (QED) is 0.553. The van der Waals surface area contributed by atoms with Crippen LogP contribution in [0.25, 0.3) is 10.9 Å². The first-order valence-corrected chi connectivity index (χ1v) is 5.95. The Bertz CT molecular complexity index is 548. The first kappa shape index (κ1) is 12.4. The fourth-order valence-corrected chi connectivity index (χ4v) is 1.78. The number of nitrogens with two attached hydrogens (primary N) is 1. The number of carbonyl (C=O) groups excluding carboxylic acids is 1. The molecule has 0 spiro atoms. The van der Waals surface area contributed by atoms with Crippen molar-refractivity contribution in [2.75, 3.05) is 25.5 Å². The van der Waals surface area contributed by atoms with Crippen LogP contribution in [0.4, 0.5) is 5.69 Å². The summed E-state index contributed by atoms with van der Waals surface area (Å²) in [5.74, 6) is -0.148. The number of amides is 1. The van der Waals surface area contributed by atoms with Gasteiger partial charge in [0.15, 0.2) is 0 Å². The van der Waals surface area contributed by atoms with Gasteiger partial charge in [0, 0.05) is 18.5 Å². The zero-order valence-corrected chi connectivity index (χ0v) is 10.3. The maximum atomic E-state index is 11.9. The number of carbonyl (C=O) groups is 1. The molecule has 1 amide bonds. The fourth-order valence-electron chi connectivity index (χ4n) is 1.78. The molecule has 0 aliphatic heterocycles. The molecule has 18 heavy (non-hydrogen) atoms. The number of ether oxygens (including phenoxy) is 1. The Morgan fingerprint density at radius 2 is 2.33 bits per heavy atom. The van der Waals surface area contributed by atoms with Gasteiger partial charge in [0.25, 0.3) is 5.91 Å². The Morgan fingerprint density at radius 3 is 3.06 bits per heavy atom. The van der Waals surface area contributed by atoms with Crippen molar-refractivity contribution in [1.82, 2.24) is 10.3 Å². The van der Waals surface area contributed by atoms with Gasteiger partial charge in [-0.2, -0.15) is 0 Å². The summed E-state index contributed by atoms with van der Waals surface area (Å²) in [6.45, 7) is 3.59. The normalized spacial score (nSPS) is 10.7. The van der Waals surface area contributed by atoms with E-state index in [1.165, 1.54) is 0 Å². The van der Waals surface area contributed by atoms with Gasteiger partial charge >= 0.3 is 0 Å². The van der Waals surface area contributed by atoms with Crippen LogP contribution in [-0.2, 0) is 4.74 Å². The minimum atomic E-state index is -0.148. The number of hydrogen-bond acceptors (Lipinski definition) is 3. The number of benzene rings is 1. The van der Waals surface area contributed by atoms with Crippen LogP contribution in [-0.4, -0.2) is 30.6 Å². The second-order valence-electron chi connectivity index (χ2n) is 3.95. The predicted molar refractivity (Wildman–Crippen MR) is 71.5 cm³/mol. The molecule has 0 aliphatic carbocycles. The highest BCUT2D eigenvalue weighted by atomic mass is 16.5. The summed E-state index contributed by atoms with van der Waals surface area (Å²) >= 11 is 0. The number of H-pyrrole nitrogens is 1. The van der Waals surface area contributed by atoms with Crippen molar-refractivity contribution in [3.8, 4) is 0 Å². The number of aromatic amines is 1. The van der Waals surface area contributed by atoms with Crippen LogP contribution in [0, 0.1) is 0 Å². The van der Waals surface area contributed by atoms with Gasteiger partial charge in [0.05, 0.1) is 17.8 Å². The number of nitrogens with one attached hydrogen (secondary N) is 2. The molecule has 5 nitrogen and oxygen atoms in total. The van der Waals surface area contributed by atoms with E-state index in [1.807, 2.05) is 19.1 Å². The SMILES string of the molecule is CCOCCNC(=O)c1cc2cccc(N)c2[nH]1. The molecule has 4 N–H and O–H groups in total. The van der Waals surface area contributed by atoms with Crippen molar-refractivity contribution >= 4 is 22.5 Å². The molecule has 0 fully saturated rings. The molecule has 1 aromatic heterocycles. The molecule has 1 aromatic carbocycles. The number of rotatable bonds is 5. The molecular formula is C13H17N3O2. The molecule has 0 atom stereocenters. The van der Waals surface area contributed by atoms with E-state index in [9.17, 15) is 4.79 Å². The van der Waals surface area contributed by atoms with E-state index in [-0.39, 0.29) is 5.91 Å². The Balaban J connectivity index is 2.06. The molecular weight excluding hydrogens is 230 g/mol. The summed E-state index contributed by atoms with van der Waals surface area (Å²) in [7, 11) is 0. The van der Waals surface area contributed by atoms with Crippen molar-refractivity contribution < 1.29 is 9.53 Å². The first-order valence-electron chi connectivity index (χ1n) is 5.95. The first-order chi connectivity index (χ1) is 8.72. The molecule has 0 saturated heterocycles. The average molecular weight is 247 g/mol. The zero-order chi connectivity index (χ0) is 13.0. The Labute approximate surface area is 105 Å². The van der Waals surface area contributed by atoms with Crippen molar-refractivity contribution in [2.24, 2.45) is 0 Å². The van der Waals surface area contributed by atoms with Crippen LogP contribution in [0.5, 0.6) is 0 Å². The van der Waals surface area contributed by atoms with Gasteiger partial charge in [-0.25, -0.2) is 0 Å². The summed E-state index contributed by atoms with van der Waals surface area (Å²) < 4.78 is 5.15. The molecule has 0 unspecified atom stereocenters. The lowest BCUT2D eigenvalue weighted by Gasteiger charge is -2.03. The van der Waals surface area contributed by atoms with E-state index < -0.39 is 0 Å². The second-order valence-corrected chi connectivity index (χ2v) is 3.95. The van der Waals surface area contributed by atoms with Crippen LogP contribution >= 0.6 is 0 Å². The topological polar surface area (TPSA) is 80.1 Å². The number of anilines is 1. The lowest BCUT2D eigenvalue weighted by Crippen LogP contribution is -2.27. The fraction of sp³-hybridized carbons (Fsp3) is 0.308. The van der Waals surface area contributed by atoms with Crippen LogP contribution in [0.15, 0.2) is 24.3 Å².